The lowest BCUT2D eigenvalue weighted by atomic mass is 9.95. The lowest BCUT2D eigenvalue weighted by molar-refractivity contribution is 0.672. The van der Waals surface area contributed by atoms with Crippen LogP contribution >= 0.6 is 11.3 Å². The third-order valence-electron chi connectivity index (χ3n) is 11.9. The van der Waals surface area contributed by atoms with Crippen LogP contribution in [0.25, 0.3) is 97.0 Å². The van der Waals surface area contributed by atoms with Crippen molar-refractivity contribution in [2.45, 2.75) is 0 Å². The van der Waals surface area contributed by atoms with Gasteiger partial charge in [-0.15, -0.1) is 11.3 Å². The summed E-state index contributed by atoms with van der Waals surface area (Å²) in [5.74, 6) is 0. The number of thiophene rings is 1. The molecule has 0 aliphatic rings. The Bertz CT molecular complexity index is 3550. The van der Waals surface area contributed by atoms with Crippen molar-refractivity contribution in [2.24, 2.45) is 0 Å². The van der Waals surface area contributed by atoms with Crippen LogP contribution in [0.4, 0.5) is 17.1 Å². The van der Waals surface area contributed by atoms with Gasteiger partial charge < -0.3 is 9.32 Å². The number of nitrogens with zero attached hydrogens (tertiary/aromatic N) is 1. The van der Waals surface area contributed by atoms with E-state index in [9.17, 15) is 0 Å². The van der Waals surface area contributed by atoms with Crippen LogP contribution in [0.1, 0.15) is 0 Å². The summed E-state index contributed by atoms with van der Waals surface area (Å²) in [5, 5.41) is 9.62. The van der Waals surface area contributed by atoms with Gasteiger partial charge in [-0.2, -0.15) is 0 Å². The Balaban J connectivity index is 0.996. The molecule has 2 aromatic heterocycles. The fourth-order valence-electron chi connectivity index (χ4n) is 9.06. The molecule has 0 unspecified atom stereocenters. The normalized spacial score (nSPS) is 11.7. The number of rotatable bonds is 6. The lowest BCUT2D eigenvalue weighted by Gasteiger charge is -2.26. The SMILES string of the molecule is c1cc(-c2ccc(N(c3ccc(-c4cccc5c4sc4ccccc45)cc3)c3cccc4oc5c6ccccc6ccc5c34)cc2)cc(-c2cccc3ccccc23)c1. The molecule has 59 heavy (non-hydrogen) atoms. The Kier molecular flexibility index (Phi) is 7.75. The van der Waals surface area contributed by atoms with E-state index in [1.54, 1.807) is 0 Å². The van der Waals surface area contributed by atoms with Crippen LogP contribution in [0, 0.1) is 0 Å². The molecule has 10 aromatic carbocycles. The van der Waals surface area contributed by atoms with E-state index in [1.807, 2.05) is 11.3 Å². The van der Waals surface area contributed by atoms with Gasteiger partial charge in [-0.1, -0.05) is 158 Å². The highest BCUT2D eigenvalue weighted by Gasteiger charge is 2.21. The number of benzene rings is 10. The van der Waals surface area contributed by atoms with Gasteiger partial charge in [-0.25, -0.2) is 0 Å². The smallest absolute Gasteiger partial charge is 0.143 e. The summed E-state index contributed by atoms with van der Waals surface area (Å²) in [6, 6.07) is 76.9. The Morgan fingerprint density at radius 1 is 0.373 bits per heavy atom. The first-order valence-corrected chi connectivity index (χ1v) is 20.9. The van der Waals surface area contributed by atoms with E-state index in [0.29, 0.717) is 0 Å². The number of furan rings is 1. The van der Waals surface area contributed by atoms with Gasteiger partial charge in [0.25, 0.3) is 0 Å². The fourth-order valence-corrected chi connectivity index (χ4v) is 10.3. The van der Waals surface area contributed by atoms with Crippen molar-refractivity contribution in [3.8, 4) is 33.4 Å². The third-order valence-corrected chi connectivity index (χ3v) is 13.1. The monoisotopic (exact) mass is 769 g/mol. The van der Waals surface area contributed by atoms with Crippen LogP contribution in [-0.2, 0) is 0 Å². The molecule has 0 bridgehead atoms. The van der Waals surface area contributed by atoms with E-state index in [4.69, 9.17) is 4.42 Å². The van der Waals surface area contributed by atoms with Crippen LogP contribution in [0.15, 0.2) is 217 Å². The van der Waals surface area contributed by atoms with Gasteiger partial charge in [0.2, 0.25) is 0 Å². The third kappa shape index (κ3) is 5.55. The Labute approximate surface area is 345 Å². The van der Waals surface area contributed by atoms with E-state index in [1.165, 1.54) is 69.7 Å². The predicted molar refractivity (Wildman–Crippen MR) is 253 cm³/mol. The standard InChI is InChI=1S/C56H35NOS/c1-3-16-44-37(11-1)13-8-19-45(44)41-15-7-14-40(35-41)36-25-30-42(31-26-36)57(51-22-10-23-52-54(51)50-34-29-38-12-2-4-17-46(38)55(50)58-52)43-32-27-39(28-33-43)47-20-9-21-49-48-18-5-6-24-53(48)59-56(47)49/h1-35H. The largest absolute Gasteiger partial charge is 0.455 e. The summed E-state index contributed by atoms with van der Waals surface area (Å²) in [5.41, 5.74) is 12.3. The molecule has 0 atom stereocenters. The zero-order chi connectivity index (χ0) is 38.9. The van der Waals surface area contributed by atoms with Gasteiger partial charge in [-0.05, 0) is 104 Å². The van der Waals surface area contributed by atoms with Crippen molar-refractivity contribution in [2.75, 3.05) is 4.90 Å². The van der Waals surface area contributed by atoms with E-state index < -0.39 is 0 Å². The first-order valence-electron chi connectivity index (χ1n) is 20.1. The second-order valence-electron chi connectivity index (χ2n) is 15.2. The molecule has 0 N–H and O–H groups in total. The van der Waals surface area contributed by atoms with Gasteiger partial charge in [0.1, 0.15) is 11.2 Å². The van der Waals surface area contributed by atoms with Crippen LogP contribution in [0.2, 0.25) is 0 Å². The molecule has 2 nitrogen and oxygen atoms in total. The zero-order valence-electron chi connectivity index (χ0n) is 32.0. The van der Waals surface area contributed by atoms with Crippen LogP contribution in [0.5, 0.6) is 0 Å². The second-order valence-corrected chi connectivity index (χ2v) is 16.3. The van der Waals surface area contributed by atoms with Crippen molar-refractivity contribution in [1.82, 2.24) is 0 Å². The maximum absolute atomic E-state index is 6.70. The van der Waals surface area contributed by atoms with Crippen LogP contribution in [-0.4, -0.2) is 0 Å². The molecule has 3 heteroatoms. The minimum atomic E-state index is 0.869. The highest BCUT2D eigenvalue weighted by Crippen LogP contribution is 2.46. The molecule has 276 valence electrons. The lowest BCUT2D eigenvalue weighted by Crippen LogP contribution is -2.10. The summed E-state index contributed by atoms with van der Waals surface area (Å²) in [7, 11) is 0. The molecular formula is C56H35NOS. The van der Waals surface area contributed by atoms with Gasteiger partial charge in [0.05, 0.1) is 11.1 Å². The molecule has 0 fully saturated rings. The second kappa shape index (κ2) is 13.6. The molecule has 0 spiro atoms. The summed E-state index contributed by atoms with van der Waals surface area (Å²) in [4.78, 5) is 2.38. The van der Waals surface area contributed by atoms with Crippen molar-refractivity contribution in [3.63, 3.8) is 0 Å². The molecule has 0 radical (unpaired) electrons. The van der Waals surface area contributed by atoms with E-state index in [-0.39, 0.29) is 0 Å². The first-order chi connectivity index (χ1) is 29.2. The number of anilines is 3. The molecule has 0 aliphatic carbocycles. The Morgan fingerprint density at radius 2 is 0.983 bits per heavy atom. The quantitative estimate of drug-likeness (QED) is 0.167. The highest BCUT2D eigenvalue weighted by atomic mass is 32.1. The molecule has 0 saturated carbocycles. The van der Waals surface area contributed by atoms with Crippen molar-refractivity contribution >= 4 is 92.1 Å². The Hall–Kier alpha value is -7.46. The maximum Gasteiger partial charge on any atom is 0.143 e. The molecule has 0 aliphatic heterocycles. The summed E-state index contributed by atoms with van der Waals surface area (Å²) >= 11 is 1.87. The topological polar surface area (TPSA) is 16.4 Å². The predicted octanol–water partition coefficient (Wildman–Crippen LogP) is 16.7. The zero-order valence-corrected chi connectivity index (χ0v) is 32.8. The maximum atomic E-state index is 6.70. The molecule has 12 aromatic rings. The van der Waals surface area contributed by atoms with Gasteiger partial charge in [-0.3, -0.25) is 0 Å². The number of hydrogen-bond acceptors (Lipinski definition) is 3. The van der Waals surface area contributed by atoms with Gasteiger partial charge in [0.15, 0.2) is 0 Å². The van der Waals surface area contributed by atoms with E-state index in [0.717, 1.165) is 44.4 Å². The fraction of sp³-hybridized carbons (Fsp3) is 0. The molecular weight excluding hydrogens is 735 g/mol. The molecule has 0 amide bonds. The summed E-state index contributed by atoms with van der Waals surface area (Å²) in [6.07, 6.45) is 0. The Morgan fingerprint density at radius 3 is 1.81 bits per heavy atom. The average molecular weight is 770 g/mol. The first kappa shape index (κ1) is 33.7. The van der Waals surface area contributed by atoms with Crippen molar-refractivity contribution < 1.29 is 4.42 Å². The van der Waals surface area contributed by atoms with Gasteiger partial charge in [0, 0.05) is 42.3 Å². The summed E-state index contributed by atoms with van der Waals surface area (Å²) in [6.45, 7) is 0. The number of fused-ring (bicyclic) bond motifs is 9. The molecule has 2 heterocycles. The molecule has 0 saturated heterocycles. The van der Waals surface area contributed by atoms with Crippen molar-refractivity contribution in [1.29, 1.82) is 0 Å². The molecule has 12 rings (SSSR count). The van der Waals surface area contributed by atoms with Gasteiger partial charge >= 0.3 is 0 Å². The van der Waals surface area contributed by atoms with E-state index in [2.05, 4.69) is 217 Å². The minimum absolute atomic E-state index is 0.869. The highest BCUT2D eigenvalue weighted by molar-refractivity contribution is 7.26. The van der Waals surface area contributed by atoms with Crippen molar-refractivity contribution in [3.05, 3.63) is 212 Å². The van der Waals surface area contributed by atoms with Crippen LogP contribution < -0.4 is 4.90 Å². The van der Waals surface area contributed by atoms with Crippen LogP contribution in [0.3, 0.4) is 0 Å². The van der Waals surface area contributed by atoms with E-state index >= 15 is 0 Å². The number of hydrogen-bond donors (Lipinski definition) is 0. The minimum Gasteiger partial charge on any atom is -0.455 e. The summed E-state index contributed by atoms with van der Waals surface area (Å²) < 4.78 is 9.33. The average Bonchev–Trinajstić information content (AvgIpc) is 3.89.